The Hall–Kier alpha value is -1.23. The molecule has 2 N–H and O–H groups in total. The molecule has 1 unspecified atom stereocenters. The van der Waals surface area contributed by atoms with Crippen LogP contribution in [0, 0.1) is 6.92 Å². The molecular formula is C18H27F3IN3O2. The Labute approximate surface area is 175 Å². The van der Waals surface area contributed by atoms with Gasteiger partial charge in [-0.3, -0.25) is 4.99 Å². The number of aliphatic imine (C=N–C) groups is 1. The normalized spacial score (nSPS) is 17.4. The molecule has 1 fully saturated rings. The Kier molecular flexibility index (Phi) is 10.2. The molecule has 0 saturated carbocycles. The number of alkyl halides is 3. The summed E-state index contributed by atoms with van der Waals surface area (Å²) in [6.07, 6.45) is -2.93. The number of halogens is 4. The number of hydrogen-bond acceptors (Lipinski definition) is 3. The van der Waals surface area contributed by atoms with Gasteiger partial charge >= 0.3 is 6.18 Å². The lowest BCUT2D eigenvalue weighted by atomic mass is 10.1. The second kappa shape index (κ2) is 11.6. The fourth-order valence-electron chi connectivity index (χ4n) is 2.62. The average Bonchev–Trinajstić information content (AvgIpc) is 3.09. The summed E-state index contributed by atoms with van der Waals surface area (Å²) < 4.78 is 48.2. The van der Waals surface area contributed by atoms with Crippen LogP contribution in [-0.4, -0.2) is 45.0 Å². The van der Waals surface area contributed by atoms with E-state index in [0.717, 1.165) is 36.3 Å². The summed E-state index contributed by atoms with van der Waals surface area (Å²) >= 11 is 0. The van der Waals surface area contributed by atoms with Gasteiger partial charge in [-0.2, -0.15) is 13.2 Å². The van der Waals surface area contributed by atoms with E-state index in [4.69, 9.17) is 9.47 Å². The van der Waals surface area contributed by atoms with Gasteiger partial charge in [-0.05, 0) is 31.4 Å². The Morgan fingerprint density at radius 1 is 1.33 bits per heavy atom. The first kappa shape index (κ1) is 23.8. The maximum atomic E-state index is 12.2. The summed E-state index contributed by atoms with van der Waals surface area (Å²) in [5, 5.41) is 5.68. The van der Waals surface area contributed by atoms with Gasteiger partial charge in [0.15, 0.2) is 5.96 Å². The van der Waals surface area contributed by atoms with Crippen molar-refractivity contribution in [2.75, 3.05) is 26.8 Å². The third-order valence-electron chi connectivity index (χ3n) is 4.04. The van der Waals surface area contributed by atoms with Crippen molar-refractivity contribution >= 4 is 29.9 Å². The summed E-state index contributed by atoms with van der Waals surface area (Å²) in [5.74, 6) is 1.07. The van der Waals surface area contributed by atoms with Crippen LogP contribution in [0.5, 0.6) is 5.75 Å². The van der Waals surface area contributed by atoms with Gasteiger partial charge in [0.2, 0.25) is 0 Å². The molecular weight excluding hydrogens is 474 g/mol. The number of hydrogen-bond donors (Lipinski definition) is 2. The zero-order chi connectivity index (χ0) is 19.0. The van der Waals surface area contributed by atoms with Crippen molar-refractivity contribution in [2.24, 2.45) is 4.99 Å². The minimum atomic E-state index is -4.19. The number of benzene rings is 1. The molecule has 0 amide bonds. The van der Waals surface area contributed by atoms with Crippen molar-refractivity contribution in [3.05, 3.63) is 29.3 Å². The topological polar surface area (TPSA) is 54.9 Å². The van der Waals surface area contributed by atoms with E-state index in [1.807, 2.05) is 25.1 Å². The van der Waals surface area contributed by atoms with Gasteiger partial charge in [0.25, 0.3) is 0 Å². The van der Waals surface area contributed by atoms with E-state index in [1.165, 1.54) is 7.05 Å². The standard InChI is InChI=1S/C18H26F3N3O2.HI/c1-13-5-6-14(16(10-13)26-12-15-4-3-9-25-15)11-24-17(22-2)23-8-7-18(19,20)21;/h5-6,10,15H,3-4,7-9,11-12H2,1-2H3,(H2,22,23,24);1H. The molecule has 0 aliphatic carbocycles. The van der Waals surface area contributed by atoms with E-state index >= 15 is 0 Å². The molecule has 154 valence electrons. The van der Waals surface area contributed by atoms with Crippen molar-refractivity contribution in [3.63, 3.8) is 0 Å². The van der Waals surface area contributed by atoms with E-state index in [0.29, 0.717) is 19.1 Å². The molecule has 1 aromatic carbocycles. The van der Waals surface area contributed by atoms with Gasteiger partial charge in [0, 0.05) is 32.3 Å². The highest BCUT2D eigenvalue weighted by molar-refractivity contribution is 14.0. The Balaban J connectivity index is 0.00000364. The lowest BCUT2D eigenvalue weighted by molar-refractivity contribution is -0.132. The second-order valence-electron chi connectivity index (χ2n) is 6.27. The number of guanidine groups is 1. The molecule has 2 rings (SSSR count). The Bertz CT molecular complexity index is 606. The predicted octanol–water partition coefficient (Wildman–Crippen LogP) is 3.79. The summed E-state index contributed by atoms with van der Waals surface area (Å²) in [6, 6.07) is 5.86. The maximum Gasteiger partial charge on any atom is 0.390 e. The van der Waals surface area contributed by atoms with Crippen LogP contribution in [0.1, 0.15) is 30.4 Å². The first-order valence-corrected chi connectivity index (χ1v) is 8.72. The van der Waals surface area contributed by atoms with Crippen LogP contribution >= 0.6 is 24.0 Å². The highest BCUT2D eigenvalue weighted by atomic mass is 127. The average molecular weight is 501 g/mol. The molecule has 1 saturated heterocycles. The van der Waals surface area contributed by atoms with Crippen LogP contribution in [0.2, 0.25) is 0 Å². The monoisotopic (exact) mass is 501 g/mol. The lowest BCUT2D eigenvalue weighted by Gasteiger charge is -2.17. The van der Waals surface area contributed by atoms with Crippen LogP contribution in [0.15, 0.2) is 23.2 Å². The van der Waals surface area contributed by atoms with Gasteiger partial charge in [0.1, 0.15) is 12.4 Å². The molecule has 5 nitrogen and oxygen atoms in total. The molecule has 0 aromatic heterocycles. The van der Waals surface area contributed by atoms with Crippen LogP contribution < -0.4 is 15.4 Å². The molecule has 1 heterocycles. The number of nitrogens with zero attached hydrogens (tertiary/aromatic N) is 1. The molecule has 1 aliphatic rings. The van der Waals surface area contributed by atoms with E-state index in [-0.39, 0.29) is 36.6 Å². The SMILES string of the molecule is CN=C(NCCC(F)(F)F)NCc1ccc(C)cc1OCC1CCCO1.I. The fraction of sp³-hybridized carbons (Fsp3) is 0.611. The Morgan fingerprint density at radius 2 is 2.11 bits per heavy atom. The number of ether oxygens (including phenoxy) is 2. The van der Waals surface area contributed by atoms with Gasteiger partial charge in [-0.1, -0.05) is 12.1 Å². The van der Waals surface area contributed by atoms with E-state index in [9.17, 15) is 13.2 Å². The van der Waals surface area contributed by atoms with Gasteiger partial charge in [0.05, 0.1) is 12.5 Å². The van der Waals surface area contributed by atoms with Crippen LogP contribution in [-0.2, 0) is 11.3 Å². The quantitative estimate of drug-likeness (QED) is 0.339. The maximum absolute atomic E-state index is 12.2. The molecule has 0 spiro atoms. The largest absolute Gasteiger partial charge is 0.491 e. The summed E-state index contributed by atoms with van der Waals surface area (Å²) in [5.41, 5.74) is 1.98. The van der Waals surface area contributed by atoms with Gasteiger partial charge in [-0.15, -0.1) is 24.0 Å². The molecule has 1 atom stereocenters. The smallest absolute Gasteiger partial charge is 0.390 e. The van der Waals surface area contributed by atoms with Gasteiger partial charge < -0.3 is 20.1 Å². The summed E-state index contributed by atoms with van der Waals surface area (Å²) in [7, 11) is 1.52. The number of nitrogens with one attached hydrogen (secondary N) is 2. The zero-order valence-corrected chi connectivity index (χ0v) is 17.9. The van der Waals surface area contributed by atoms with Crippen molar-refractivity contribution in [1.82, 2.24) is 10.6 Å². The number of rotatable bonds is 7. The lowest BCUT2D eigenvalue weighted by Crippen LogP contribution is -2.38. The molecule has 0 bridgehead atoms. The first-order valence-electron chi connectivity index (χ1n) is 8.72. The van der Waals surface area contributed by atoms with Crippen molar-refractivity contribution < 1.29 is 22.6 Å². The minimum absolute atomic E-state index is 0. The molecule has 9 heteroatoms. The van der Waals surface area contributed by atoms with E-state index < -0.39 is 12.6 Å². The highest BCUT2D eigenvalue weighted by Gasteiger charge is 2.26. The second-order valence-corrected chi connectivity index (χ2v) is 6.27. The summed E-state index contributed by atoms with van der Waals surface area (Å²) in [6.45, 7) is 3.42. The molecule has 27 heavy (non-hydrogen) atoms. The van der Waals surface area contributed by atoms with E-state index in [1.54, 1.807) is 0 Å². The minimum Gasteiger partial charge on any atom is -0.491 e. The molecule has 1 aromatic rings. The molecule has 0 radical (unpaired) electrons. The zero-order valence-electron chi connectivity index (χ0n) is 15.6. The first-order chi connectivity index (χ1) is 12.4. The molecule has 1 aliphatic heterocycles. The predicted molar refractivity (Wildman–Crippen MR) is 110 cm³/mol. The van der Waals surface area contributed by atoms with Crippen molar-refractivity contribution in [2.45, 2.75) is 45.0 Å². The fourth-order valence-corrected chi connectivity index (χ4v) is 2.62. The highest BCUT2D eigenvalue weighted by Crippen LogP contribution is 2.22. The third kappa shape index (κ3) is 9.00. The van der Waals surface area contributed by atoms with E-state index in [2.05, 4.69) is 15.6 Å². The Morgan fingerprint density at radius 3 is 2.74 bits per heavy atom. The van der Waals surface area contributed by atoms with Crippen molar-refractivity contribution in [1.29, 1.82) is 0 Å². The third-order valence-corrected chi connectivity index (χ3v) is 4.04. The summed E-state index contributed by atoms with van der Waals surface area (Å²) in [4.78, 5) is 3.95. The van der Waals surface area contributed by atoms with Gasteiger partial charge in [-0.25, -0.2) is 0 Å². The van der Waals surface area contributed by atoms with Crippen LogP contribution in [0.3, 0.4) is 0 Å². The van der Waals surface area contributed by atoms with Crippen molar-refractivity contribution in [3.8, 4) is 5.75 Å². The van der Waals surface area contributed by atoms with Crippen LogP contribution in [0.25, 0.3) is 0 Å². The van der Waals surface area contributed by atoms with Crippen LogP contribution in [0.4, 0.5) is 13.2 Å². The number of aryl methyl sites for hydroxylation is 1.